The third kappa shape index (κ3) is 3.78. The van der Waals surface area contributed by atoms with Gasteiger partial charge in [-0.1, -0.05) is 19.3 Å². The maximum atomic E-state index is 13.5. The van der Waals surface area contributed by atoms with E-state index in [4.69, 9.17) is 0 Å². The largest absolute Gasteiger partial charge is 0.328 e. The van der Waals surface area contributed by atoms with Crippen LogP contribution in [-0.2, 0) is 23.9 Å². The average molecular weight is 446 g/mol. The summed E-state index contributed by atoms with van der Waals surface area (Å²) in [4.78, 5) is 25.2. The van der Waals surface area contributed by atoms with E-state index in [9.17, 15) is 22.4 Å². The standard InChI is InChI=1S/C22H24FN3O4S/c1-25-18-12-17(24-21(27)14-8-10-15(23)11-9-14)20(13-19(18)26(2)22(25)28)31(29,30)16-6-4-3-5-7-16/h8-13,16H,3-7H2,1-2H3,(H,24,27). The van der Waals surface area contributed by atoms with E-state index < -0.39 is 26.8 Å². The first-order valence-electron chi connectivity index (χ1n) is 10.2. The van der Waals surface area contributed by atoms with Crippen LogP contribution in [-0.4, -0.2) is 28.7 Å². The van der Waals surface area contributed by atoms with E-state index in [0.29, 0.717) is 23.9 Å². The summed E-state index contributed by atoms with van der Waals surface area (Å²) in [7, 11) is -0.568. The predicted octanol–water partition coefficient (Wildman–Crippen LogP) is 3.37. The quantitative estimate of drug-likeness (QED) is 0.667. The lowest BCUT2D eigenvalue weighted by Gasteiger charge is -2.23. The monoisotopic (exact) mass is 445 g/mol. The fraction of sp³-hybridized carbons (Fsp3) is 0.364. The number of aromatic nitrogens is 2. The Hall–Kier alpha value is -2.94. The average Bonchev–Trinajstić information content (AvgIpc) is 2.98. The summed E-state index contributed by atoms with van der Waals surface area (Å²) in [5.74, 6) is -1.03. The van der Waals surface area contributed by atoms with Gasteiger partial charge in [-0.15, -0.1) is 0 Å². The molecular weight excluding hydrogens is 421 g/mol. The van der Waals surface area contributed by atoms with Crippen molar-refractivity contribution in [3.8, 4) is 0 Å². The summed E-state index contributed by atoms with van der Waals surface area (Å²) >= 11 is 0. The van der Waals surface area contributed by atoms with Crippen molar-refractivity contribution in [1.29, 1.82) is 0 Å². The molecule has 1 N–H and O–H groups in total. The van der Waals surface area contributed by atoms with Crippen LogP contribution in [0.3, 0.4) is 0 Å². The van der Waals surface area contributed by atoms with E-state index >= 15 is 0 Å². The van der Waals surface area contributed by atoms with Crippen molar-refractivity contribution in [3.63, 3.8) is 0 Å². The Labute approximate surface area is 179 Å². The van der Waals surface area contributed by atoms with Crippen molar-refractivity contribution in [2.24, 2.45) is 14.1 Å². The van der Waals surface area contributed by atoms with Crippen molar-refractivity contribution in [3.05, 3.63) is 58.3 Å². The summed E-state index contributed by atoms with van der Waals surface area (Å²) in [6.45, 7) is 0. The number of benzene rings is 2. The molecule has 1 aliphatic rings. The van der Waals surface area contributed by atoms with E-state index in [0.717, 1.165) is 19.3 Å². The van der Waals surface area contributed by atoms with Gasteiger partial charge in [-0.2, -0.15) is 0 Å². The second kappa shape index (κ2) is 7.96. The Bertz CT molecular complexity index is 1320. The molecule has 1 heterocycles. The molecule has 0 aliphatic heterocycles. The van der Waals surface area contributed by atoms with Crippen LogP contribution >= 0.6 is 0 Å². The van der Waals surface area contributed by atoms with Gasteiger partial charge in [-0.3, -0.25) is 13.9 Å². The van der Waals surface area contributed by atoms with Crippen molar-refractivity contribution in [2.75, 3.05) is 5.32 Å². The molecule has 0 saturated heterocycles. The maximum absolute atomic E-state index is 13.5. The Morgan fingerprint density at radius 2 is 1.58 bits per heavy atom. The number of imidazole rings is 1. The van der Waals surface area contributed by atoms with Crippen LogP contribution in [0.2, 0.25) is 0 Å². The van der Waals surface area contributed by atoms with Gasteiger partial charge >= 0.3 is 5.69 Å². The van der Waals surface area contributed by atoms with Crippen LogP contribution in [0.1, 0.15) is 42.5 Å². The fourth-order valence-corrected chi connectivity index (χ4v) is 6.22. The molecule has 1 saturated carbocycles. The fourth-order valence-electron chi connectivity index (χ4n) is 4.21. The van der Waals surface area contributed by atoms with Gasteiger partial charge in [-0.25, -0.2) is 17.6 Å². The molecule has 3 aromatic rings. The van der Waals surface area contributed by atoms with Gasteiger partial charge in [0, 0.05) is 19.7 Å². The number of nitrogens with zero attached hydrogens (tertiary/aromatic N) is 2. The van der Waals surface area contributed by atoms with Crippen LogP contribution in [0.25, 0.3) is 11.0 Å². The van der Waals surface area contributed by atoms with Crippen LogP contribution in [0.4, 0.5) is 10.1 Å². The van der Waals surface area contributed by atoms with Crippen LogP contribution in [0, 0.1) is 5.82 Å². The molecular formula is C22H24FN3O4S. The third-order valence-corrected chi connectivity index (χ3v) is 8.33. The summed E-state index contributed by atoms with van der Waals surface area (Å²) in [5, 5.41) is 2.15. The summed E-state index contributed by atoms with van der Waals surface area (Å²) in [6.07, 6.45) is 3.83. The van der Waals surface area contributed by atoms with Gasteiger partial charge in [0.25, 0.3) is 5.91 Å². The molecule has 31 heavy (non-hydrogen) atoms. The number of carbonyl (C=O) groups excluding carboxylic acids is 1. The van der Waals surface area contributed by atoms with Gasteiger partial charge in [-0.05, 0) is 49.2 Å². The highest BCUT2D eigenvalue weighted by Crippen LogP contribution is 2.35. The van der Waals surface area contributed by atoms with Gasteiger partial charge in [0.15, 0.2) is 9.84 Å². The third-order valence-electron chi connectivity index (χ3n) is 6.03. The zero-order valence-corrected chi connectivity index (χ0v) is 18.2. The Balaban J connectivity index is 1.86. The summed E-state index contributed by atoms with van der Waals surface area (Å²) in [6, 6.07) is 7.99. The van der Waals surface area contributed by atoms with E-state index in [1.807, 2.05) is 0 Å². The minimum Gasteiger partial charge on any atom is -0.321 e. The number of carbonyl (C=O) groups is 1. The molecule has 0 atom stereocenters. The minimum atomic E-state index is -3.74. The molecule has 0 bridgehead atoms. The first-order valence-corrected chi connectivity index (χ1v) is 11.7. The number of anilines is 1. The molecule has 4 rings (SSSR count). The number of amides is 1. The highest BCUT2D eigenvalue weighted by Gasteiger charge is 2.32. The van der Waals surface area contributed by atoms with Gasteiger partial charge < -0.3 is 5.32 Å². The molecule has 0 spiro atoms. The normalized spacial score (nSPS) is 15.3. The lowest BCUT2D eigenvalue weighted by atomic mass is 10.0. The predicted molar refractivity (Wildman–Crippen MR) is 117 cm³/mol. The number of hydrogen-bond acceptors (Lipinski definition) is 4. The number of halogens is 1. The molecule has 7 nitrogen and oxygen atoms in total. The number of rotatable bonds is 4. The number of sulfone groups is 1. The smallest absolute Gasteiger partial charge is 0.321 e. The zero-order chi connectivity index (χ0) is 22.3. The molecule has 0 radical (unpaired) electrons. The number of hydrogen-bond donors (Lipinski definition) is 1. The molecule has 9 heteroatoms. The molecule has 1 aliphatic carbocycles. The Morgan fingerprint density at radius 3 is 2.19 bits per heavy atom. The van der Waals surface area contributed by atoms with Crippen molar-refractivity contribution in [2.45, 2.75) is 42.2 Å². The van der Waals surface area contributed by atoms with Gasteiger partial charge in [0.05, 0.1) is 26.9 Å². The number of nitrogens with one attached hydrogen (secondary N) is 1. The molecule has 1 aromatic heterocycles. The Kier molecular flexibility index (Phi) is 5.47. The van der Waals surface area contributed by atoms with Gasteiger partial charge in [0.2, 0.25) is 0 Å². The first kappa shape index (κ1) is 21.3. The van der Waals surface area contributed by atoms with Crippen molar-refractivity contribution in [1.82, 2.24) is 9.13 Å². The van der Waals surface area contributed by atoms with Crippen molar-refractivity contribution < 1.29 is 17.6 Å². The SMILES string of the molecule is Cn1c(=O)n(C)c2cc(S(=O)(=O)C3CCCCC3)c(NC(=O)c3ccc(F)cc3)cc21. The van der Waals surface area contributed by atoms with E-state index in [1.165, 1.54) is 45.5 Å². The lowest BCUT2D eigenvalue weighted by molar-refractivity contribution is 0.102. The summed E-state index contributed by atoms with van der Waals surface area (Å²) < 4.78 is 43.1. The number of aryl methyl sites for hydroxylation is 2. The number of fused-ring (bicyclic) bond motifs is 1. The van der Waals surface area contributed by atoms with E-state index in [-0.39, 0.29) is 21.8 Å². The Morgan fingerprint density at radius 1 is 1.00 bits per heavy atom. The van der Waals surface area contributed by atoms with E-state index in [2.05, 4.69) is 5.32 Å². The topological polar surface area (TPSA) is 90.2 Å². The van der Waals surface area contributed by atoms with Crippen LogP contribution in [0.15, 0.2) is 46.1 Å². The molecule has 1 amide bonds. The lowest BCUT2D eigenvalue weighted by Crippen LogP contribution is -2.25. The minimum absolute atomic E-state index is 0.00330. The summed E-state index contributed by atoms with van der Waals surface area (Å²) in [5.41, 5.74) is 1.00. The van der Waals surface area contributed by atoms with Crippen LogP contribution < -0.4 is 11.0 Å². The highest BCUT2D eigenvalue weighted by atomic mass is 32.2. The maximum Gasteiger partial charge on any atom is 0.328 e. The first-order chi connectivity index (χ1) is 14.7. The van der Waals surface area contributed by atoms with Crippen LogP contribution in [0.5, 0.6) is 0 Å². The van der Waals surface area contributed by atoms with Gasteiger partial charge in [0.1, 0.15) is 5.82 Å². The zero-order valence-electron chi connectivity index (χ0n) is 17.4. The highest BCUT2D eigenvalue weighted by molar-refractivity contribution is 7.92. The van der Waals surface area contributed by atoms with Crippen molar-refractivity contribution >= 4 is 32.5 Å². The molecule has 1 fully saturated rings. The molecule has 2 aromatic carbocycles. The second-order valence-electron chi connectivity index (χ2n) is 8.00. The molecule has 164 valence electrons. The molecule has 0 unspecified atom stereocenters. The second-order valence-corrected chi connectivity index (χ2v) is 10.2. The van der Waals surface area contributed by atoms with E-state index in [1.54, 1.807) is 14.1 Å².